The first-order valence-electron chi connectivity index (χ1n) is 13.3. The van der Waals surface area contributed by atoms with Crippen molar-refractivity contribution in [2.75, 3.05) is 32.6 Å². The lowest BCUT2D eigenvalue weighted by Gasteiger charge is -2.16. The van der Waals surface area contributed by atoms with Gasteiger partial charge >= 0.3 is 7.60 Å². The van der Waals surface area contributed by atoms with E-state index in [4.69, 9.17) is 19.3 Å². The Labute approximate surface area is 273 Å². The van der Waals surface area contributed by atoms with Crippen LogP contribution in [-0.2, 0) is 14.6 Å². The van der Waals surface area contributed by atoms with Crippen molar-refractivity contribution in [3.8, 4) is 34.5 Å². The van der Waals surface area contributed by atoms with Gasteiger partial charge in [0, 0.05) is 16.5 Å². The number of carbonyl (C=O) groups is 2. The fourth-order valence-corrected chi connectivity index (χ4v) is 7.37. The number of ether oxygens (including phenoxy) is 2. The minimum atomic E-state index is -4.83. The summed E-state index contributed by atoms with van der Waals surface area (Å²) in [7, 11) is -9.47. The summed E-state index contributed by atoms with van der Waals surface area (Å²) in [6.07, 6.45) is -1.28. The van der Waals surface area contributed by atoms with Crippen LogP contribution in [0.2, 0.25) is 0 Å². The summed E-state index contributed by atoms with van der Waals surface area (Å²) in [5.41, 5.74) is -0.0888. The smallest absolute Gasteiger partial charge is 0.340 e. The largest absolute Gasteiger partial charge is 0.504 e. The Morgan fingerprint density at radius 3 is 1.71 bits per heavy atom. The van der Waals surface area contributed by atoms with Gasteiger partial charge < -0.3 is 50.3 Å². The zero-order valence-electron chi connectivity index (χ0n) is 24.1. The van der Waals surface area contributed by atoms with Crippen LogP contribution in [0.5, 0.6) is 34.5 Å². The molecule has 0 atom stereocenters. The number of nitrogens with one attached hydrogen (secondary N) is 3. The summed E-state index contributed by atoms with van der Waals surface area (Å²) in [4.78, 5) is 42.8. The van der Waals surface area contributed by atoms with Gasteiger partial charge in [-0.1, -0.05) is 0 Å². The SMILES string of the molecule is O=C(NCCOc1c(OCCNC(=O)c2ccc(O)c(O)c2)c(F)c2sc(S(=O)(=O)NCP(=O)(O)O)cc2c1F)c1ccc(O)c(O)c1. The minimum absolute atomic E-state index is 0.0442. The van der Waals surface area contributed by atoms with Crippen LogP contribution in [0.15, 0.2) is 46.7 Å². The molecule has 1 aromatic heterocycles. The van der Waals surface area contributed by atoms with E-state index in [1.54, 1.807) is 4.72 Å². The average Bonchev–Trinajstić information content (AvgIpc) is 3.49. The highest BCUT2D eigenvalue weighted by Crippen LogP contribution is 2.44. The number of benzene rings is 3. The number of phenols is 4. The molecule has 0 unspecified atom stereocenters. The van der Waals surface area contributed by atoms with E-state index in [9.17, 15) is 43.0 Å². The Morgan fingerprint density at radius 2 is 1.25 bits per heavy atom. The van der Waals surface area contributed by atoms with Gasteiger partial charge in [0.05, 0.1) is 17.8 Å². The van der Waals surface area contributed by atoms with Crippen LogP contribution in [0.3, 0.4) is 0 Å². The third-order valence-electron chi connectivity index (χ3n) is 6.22. The maximum Gasteiger partial charge on any atom is 0.340 e. The van der Waals surface area contributed by atoms with Crippen molar-refractivity contribution in [1.29, 1.82) is 0 Å². The molecular weight excluding hydrogens is 707 g/mol. The normalized spacial score (nSPS) is 11.8. The highest BCUT2D eigenvalue weighted by Gasteiger charge is 2.29. The lowest BCUT2D eigenvalue weighted by Crippen LogP contribution is -2.29. The number of amides is 2. The molecule has 0 saturated heterocycles. The first kappa shape index (κ1) is 36.1. The molecule has 2 amide bonds. The third-order valence-corrected chi connectivity index (χ3v) is 10.0. The number of fused-ring (bicyclic) bond motifs is 1. The predicted octanol–water partition coefficient (Wildman–Crippen LogP) is 2.03. The van der Waals surface area contributed by atoms with Crippen molar-refractivity contribution in [2.24, 2.45) is 0 Å². The molecule has 0 fully saturated rings. The highest BCUT2D eigenvalue weighted by molar-refractivity contribution is 7.92. The van der Waals surface area contributed by atoms with Gasteiger partial charge in [0.25, 0.3) is 21.8 Å². The molecule has 3 aromatic carbocycles. The number of aromatic hydroxyl groups is 4. The molecule has 0 aliphatic rings. The summed E-state index contributed by atoms with van der Waals surface area (Å²) < 4.78 is 79.2. The van der Waals surface area contributed by atoms with Gasteiger partial charge in [-0.2, -0.15) is 4.72 Å². The molecule has 258 valence electrons. The van der Waals surface area contributed by atoms with Crippen LogP contribution in [0.25, 0.3) is 10.1 Å². The van der Waals surface area contributed by atoms with Gasteiger partial charge in [0.2, 0.25) is 11.5 Å². The van der Waals surface area contributed by atoms with Crippen molar-refractivity contribution in [2.45, 2.75) is 4.21 Å². The Balaban J connectivity index is 1.56. The van der Waals surface area contributed by atoms with Gasteiger partial charge in [0.1, 0.15) is 23.7 Å². The first-order chi connectivity index (χ1) is 22.5. The number of thiophene rings is 1. The number of phenolic OH excluding ortho intramolecular Hbond substituents is 4. The molecule has 0 aliphatic heterocycles. The minimum Gasteiger partial charge on any atom is -0.504 e. The quantitative estimate of drug-likeness (QED) is 0.0511. The van der Waals surface area contributed by atoms with Crippen molar-refractivity contribution in [3.05, 3.63) is 65.2 Å². The Kier molecular flexibility index (Phi) is 11.0. The van der Waals surface area contributed by atoms with Crippen molar-refractivity contribution < 1.29 is 71.0 Å². The van der Waals surface area contributed by atoms with Crippen LogP contribution in [-0.4, -0.2) is 83.0 Å². The van der Waals surface area contributed by atoms with Crippen LogP contribution >= 0.6 is 18.9 Å². The molecule has 0 aliphatic carbocycles. The molecule has 4 aromatic rings. The highest BCUT2D eigenvalue weighted by atomic mass is 32.2. The molecular formula is C27H26F2N3O13PS2. The summed E-state index contributed by atoms with van der Waals surface area (Å²) in [6.45, 7) is -1.58. The van der Waals surface area contributed by atoms with E-state index in [2.05, 4.69) is 10.6 Å². The summed E-state index contributed by atoms with van der Waals surface area (Å²) in [5.74, 6) is -7.71. The summed E-state index contributed by atoms with van der Waals surface area (Å²) in [6, 6.07) is 7.27. The van der Waals surface area contributed by atoms with Crippen LogP contribution in [0.1, 0.15) is 20.7 Å². The van der Waals surface area contributed by atoms with E-state index >= 15 is 8.78 Å². The van der Waals surface area contributed by atoms with Gasteiger partial charge in [-0.05, 0) is 42.5 Å². The maximum absolute atomic E-state index is 15.8. The summed E-state index contributed by atoms with van der Waals surface area (Å²) >= 11 is 0.231. The van der Waals surface area contributed by atoms with Crippen molar-refractivity contribution >= 4 is 50.9 Å². The fourth-order valence-electron chi connectivity index (χ4n) is 3.92. The number of hydrogen-bond acceptors (Lipinski definition) is 12. The number of carbonyl (C=O) groups excluding carboxylic acids is 2. The monoisotopic (exact) mass is 733 g/mol. The van der Waals surface area contributed by atoms with E-state index in [1.807, 2.05) is 0 Å². The molecule has 48 heavy (non-hydrogen) atoms. The average molecular weight is 734 g/mol. The number of rotatable bonds is 14. The fraction of sp³-hybridized carbons (Fsp3) is 0.185. The zero-order chi connectivity index (χ0) is 35.4. The second-order valence-electron chi connectivity index (χ2n) is 9.68. The van der Waals surface area contributed by atoms with Crippen LogP contribution < -0.4 is 24.8 Å². The molecule has 0 saturated carbocycles. The van der Waals surface area contributed by atoms with Gasteiger partial charge in [-0.3, -0.25) is 14.2 Å². The summed E-state index contributed by atoms with van der Waals surface area (Å²) in [5, 5.41) is 42.2. The molecule has 16 nitrogen and oxygen atoms in total. The Hall–Kier alpha value is -4.72. The predicted molar refractivity (Wildman–Crippen MR) is 164 cm³/mol. The topological polar surface area (TPSA) is 261 Å². The molecule has 4 rings (SSSR count). The molecule has 9 N–H and O–H groups in total. The zero-order valence-corrected chi connectivity index (χ0v) is 26.7. The third kappa shape index (κ3) is 8.59. The van der Waals surface area contributed by atoms with Crippen LogP contribution in [0.4, 0.5) is 8.78 Å². The molecule has 0 spiro atoms. The molecule has 0 radical (unpaired) electrons. The maximum atomic E-state index is 15.8. The van der Waals surface area contributed by atoms with Gasteiger partial charge in [0.15, 0.2) is 34.6 Å². The number of hydrogen-bond donors (Lipinski definition) is 9. The van der Waals surface area contributed by atoms with Crippen molar-refractivity contribution in [3.63, 3.8) is 0 Å². The lowest BCUT2D eigenvalue weighted by atomic mass is 10.2. The standard InChI is InChI=1S/C27H26F2N3O13PS2/c28-21-15-11-20(48(42,43)32-12-46(39,40)41)47-25(15)22(29)24(45-8-6-31-27(38)14-2-4-17(34)19(36)10-14)23(21)44-7-5-30-26(37)13-1-3-16(33)18(35)9-13/h1-4,9-11,32-36H,5-8,12H2,(H,30,37)(H,31,38)(H2,39,40,41). The lowest BCUT2D eigenvalue weighted by molar-refractivity contribution is 0.0936. The molecule has 21 heteroatoms. The van der Waals surface area contributed by atoms with E-state index in [1.165, 1.54) is 12.1 Å². The van der Waals surface area contributed by atoms with Gasteiger partial charge in [-0.25, -0.2) is 17.2 Å². The van der Waals surface area contributed by atoms with Gasteiger partial charge in [-0.15, -0.1) is 11.3 Å². The Morgan fingerprint density at radius 1 is 0.771 bits per heavy atom. The Bertz CT molecular complexity index is 1920. The van der Waals surface area contributed by atoms with Crippen LogP contribution in [0, 0.1) is 11.6 Å². The molecule has 1 heterocycles. The first-order valence-corrected chi connectivity index (χ1v) is 17.4. The van der Waals surface area contributed by atoms with E-state index < -0.39 is 109 Å². The molecule has 0 bridgehead atoms. The number of sulfonamides is 1. The van der Waals surface area contributed by atoms with E-state index in [0.717, 1.165) is 30.3 Å². The van der Waals surface area contributed by atoms with E-state index in [-0.39, 0.29) is 35.6 Å². The van der Waals surface area contributed by atoms with E-state index in [0.29, 0.717) is 0 Å². The second kappa shape index (κ2) is 14.6. The van der Waals surface area contributed by atoms with Crippen molar-refractivity contribution in [1.82, 2.24) is 15.4 Å². The number of halogens is 2. The second-order valence-corrected chi connectivity index (χ2v) is 14.4.